The molecule has 1 atom stereocenters. The zero-order chi connectivity index (χ0) is 14.8. The summed E-state index contributed by atoms with van der Waals surface area (Å²) in [5.41, 5.74) is 5.00. The molecule has 1 saturated heterocycles. The van der Waals surface area contributed by atoms with Gasteiger partial charge in [-0.3, -0.25) is 20.4 Å². The van der Waals surface area contributed by atoms with Crippen LogP contribution >= 0.6 is 22.6 Å². The average Bonchev–Trinajstić information content (AvgIpc) is 2.76. The summed E-state index contributed by atoms with van der Waals surface area (Å²) in [5.74, 6) is -1.62. The quantitative estimate of drug-likeness (QED) is 0.551. The minimum Gasteiger partial charge on any atom is -0.273 e. The van der Waals surface area contributed by atoms with Crippen LogP contribution in [0.25, 0.3) is 0 Å². The standard InChI is InChI=1S/C12H13IN2O4S/c13-10-3-1-2-8(6-10)11(16)14-15-12(17)9-4-5-20(18,19)7-9/h1-3,6,9H,4-5,7H2,(H,14,16)(H,15,17)/t9-/m0/s1. The largest absolute Gasteiger partial charge is 0.273 e. The number of benzene rings is 1. The van der Waals surface area contributed by atoms with Gasteiger partial charge < -0.3 is 0 Å². The van der Waals surface area contributed by atoms with E-state index in [4.69, 9.17) is 0 Å². The second-order valence-electron chi connectivity index (χ2n) is 4.55. The predicted molar refractivity (Wildman–Crippen MR) is 81.5 cm³/mol. The van der Waals surface area contributed by atoms with Gasteiger partial charge in [-0.2, -0.15) is 0 Å². The van der Waals surface area contributed by atoms with E-state index in [2.05, 4.69) is 33.4 Å². The van der Waals surface area contributed by atoms with Crippen molar-refractivity contribution in [3.05, 3.63) is 33.4 Å². The van der Waals surface area contributed by atoms with Crippen LogP contribution in [0.5, 0.6) is 0 Å². The molecule has 1 heterocycles. The molecule has 2 rings (SSSR count). The Kier molecular flexibility index (Phi) is 4.63. The SMILES string of the molecule is O=C(NNC(=O)[C@H]1CCS(=O)(=O)C1)c1cccc(I)c1. The fraction of sp³-hybridized carbons (Fsp3) is 0.333. The van der Waals surface area contributed by atoms with E-state index in [1.165, 1.54) is 0 Å². The molecular weight excluding hydrogens is 395 g/mol. The molecule has 2 N–H and O–H groups in total. The van der Waals surface area contributed by atoms with Gasteiger partial charge in [0, 0.05) is 9.13 Å². The van der Waals surface area contributed by atoms with E-state index in [0.717, 1.165) is 3.57 Å². The summed E-state index contributed by atoms with van der Waals surface area (Å²) in [7, 11) is -3.11. The molecule has 0 unspecified atom stereocenters. The number of sulfone groups is 1. The number of halogens is 1. The first kappa shape index (κ1) is 15.2. The summed E-state index contributed by atoms with van der Waals surface area (Å²) < 4.78 is 23.5. The summed E-state index contributed by atoms with van der Waals surface area (Å²) >= 11 is 2.08. The van der Waals surface area contributed by atoms with Crippen molar-refractivity contribution in [2.75, 3.05) is 11.5 Å². The zero-order valence-corrected chi connectivity index (χ0v) is 13.4. The molecule has 1 aromatic carbocycles. The van der Waals surface area contributed by atoms with Crippen LogP contribution in [-0.4, -0.2) is 31.7 Å². The van der Waals surface area contributed by atoms with Crippen molar-refractivity contribution >= 4 is 44.2 Å². The number of nitrogens with one attached hydrogen (secondary N) is 2. The highest BCUT2D eigenvalue weighted by Gasteiger charge is 2.33. The average molecular weight is 408 g/mol. The number of hydrazine groups is 1. The van der Waals surface area contributed by atoms with E-state index < -0.39 is 27.6 Å². The van der Waals surface area contributed by atoms with Crippen LogP contribution < -0.4 is 10.9 Å². The van der Waals surface area contributed by atoms with Crippen LogP contribution in [0.3, 0.4) is 0 Å². The number of rotatable bonds is 2. The molecule has 1 fully saturated rings. The fourth-order valence-electron chi connectivity index (χ4n) is 1.92. The number of carbonyl (C=O) groups is 2. The van der Waals surface area contributed by atoms with E-state index in [0.29, 0.717) is 12.0 Å². The highest BCUT2D eigenvalue weighted by Crippen LogP contribution is 2.18. The van der Waals surface area contributed by atoms with Crippen molar-refractivity contribution in [1.29, 1.82) is 0 Å². The second kappa shape index (κ2) is 6.08. The molecule has 0 radical (unpaired) electrons. The number of hydrogen-bond acceptors (Lipinski definition) is 4. The molecule has 8 heteroatoms. The van der Waals surface area contributed by atoms with Gasteiger partial charge in [0.05, 0.1) is 17.4 Å². The van der Waals surface area contributed by atoms with E-state index in [1.54, 1.807) is 18.2 Å². The van der Waals surface area contributed by atoms with Crippen LogP contribution in [0, 0.1) is 9.49 Å². The minimum atomic E-state index is -3.11. The normalized spacial score (nSPS) is 20.4. The molecule has 0 saturated carbocycles. The van der Waals surface area contributed by atoms with E-state index in [1.807, 2.05) is 6.07 Å². The van der Waals surface area contributed by atoms with Gasteiger partial charge in [-0.1, -0.05) is 6.07 Å². The summed E-state index contributed by atoms with van der Waals surface area (Å²) in [5, 5.41) is 0. The van der Waals surface area contributed by atoms with Crippen molar-refractivity contribution in [2.24, 2.45) is 5.92 Å². The lowest BCUT2D eigenvalue weighted by Crippen LogP contribution is -2.44. The Labute approximate surface area is 130 Å². The Balaban J connectivity index is 1.89. The molecule has 1 aromatic rings. The summed E-state index contributed by atoms with van der Waals surface area (Å²) in [6.45, 7) is 0. The van der Waals surface area contributed by atoms with Gasteiger partial charge in [-0.05, 0) is 47.2 Å². The molecule has 20 heavy (non-hydrogen) atoms. The first-order valence-corrected chi connectivity index (χ1v) is 8.83. The lowest BCUT2D eigenvalue weighted by molar-refractivity contribution is -0.125. The lowest BCUT2D eigenvalue weighted by Gasteiger charge is -2.10. The third-order valence-corrected chi connectivity index (χ3v) is 5.43. The number of carbonyl (C=O) groups excluding carboxylic acids is 2. The molecular formula is C12H13IN2O4S. The maximum atomic E-state index is 11.8. The van der Waals surface area contributed by atoms with Crippen LogP contribution in [0.1, 0.15) is 16.8 Å². The Morgan fingerprint density at radius 1 is 1.25 bits per heavy atom. The number of hydrogen-bond donors (Lipinski definition) is 2. The Morgan fingerprint density at radius 3 is 2.60 bits per heavy atom. The second-order valence-corrected chi connectivity index (χ2v) is 8.03. The molecule has 1 aliphatic rings. The Morgan fingerprint density at radius 2 is 2.00 bits per heavy atom. The molecule has 2 amide bonds. The van der Waals surface area contributed by atoms with Crippen molar-refractivity contribution in [3.63, 3.8) is 0 Å². The maximum Gasteiger partial charge on any atom is 0.269 e. The maximum absolute atomic E-state index is 11.8. The van der Waals surface area contributed by atoms with Gasteiger partial charge in [0.15, 0.2) is 9.84 Å². The van der Waals surface area contributed by atoms with Gasteiger partial charge in [0.25, 0.3) is 5.91 Å². The predicted octanol–water partition coefficient (Wildman–Crippen LogP) is 0.487. The van der Waals surface area contributed by atoms with E-state index in [9.17, 15) is 18.0 Å². The first-order valence-electron chi connectivity index (χ1n) is 5.93. The van der Waals surface area contributed by atoms with Crippen molar-refractivity contribution < 1.29 is 18.0 Å². The lowest BCUT2D eigenvalue weighted by atomic mass is 10.1. The third kappa shape index (κ3) is 3.92. The molecule has 1 aliphatic heterocycles. The topological polar surface area (TPSA) is 92.3 Å². The van der Waals surface area contributed by atoms with Crippen LogP contribution in [0.15, 0.2) is 24.3 Å². The Bertz CT molecular complexity index is 645. The fourth-order valence-corrected chi connectivity index (χ4v) is 4.21. The highest BCUT2D eigenvalue weighted by molar-refractivity contribution is 14.1. The van der Waals surface area contributed by atoms with Gasteiger partial charge in [-0.25, -0.2) is 8.42 Å². The van der Waals surface area contributed by atoms with Crippen molar-refractivity contribution in [1.82, 2.24) is 10.9 Å². The zero-order valence-electron chi connectivity index (χ0n) is 10.4. The van der Waals surface area contributed by atoms with Gasteiger partial charge in [0.1, 0.15) is 0 Å². The molecule has 6 nitrogen and oxygen atoms in total. The number of amides is 2. The smallest absolute Gasteiger partial charge is 0.269 e. The van der Waals surface area contributed by atoms with Gasteiger partial charge in [-0.15, -0.1) is 0 Å². The molecule has 0 spiro atoms. The third-order valence-electron chi connectivity index (χ3n) is 2.99. The van der Waals surface area contributed by atoms with E-state index >= 15 is 0 Å². The van der Waals surface area contributed by atoms with Crippen LogP contribution in [0.2, 0.25) is 0 Å². The van der Waals surface area contributed by atoms with Crippen molar-refractivity contribution in [3.8, 4) is 0 Å². The summed E-state index contributed by atoms with van der Waals surface area (Å²) in [6.07, 6.45) is 0.299. The molecule has 0 aliphatic carbocycles. The molecule has 108 valence electrons. The van der Waals surface area contributed by atoms with Crippen molar-refractivity contribution in [2.45, 2.75) is 6.42 Å². The minimum absolute atomic E-state index is 0.0237. The van der Waals surface area contributed by atoms with Gasteiger partial charge >= 0.3 is 0 Å². The summed E-state index contributed by atoms with van der Waals surface area (Å²) in [4.78, 5) is 23.5. The van der Waals surface area contributed by atoms with E-state index in [-0.39, 0.29) is 11.5 Å². The molecule has 0 bridgehead atoms. The van der Waals surface area contributed by atoms with Crippen LogP contribution in [-0.2, 0) is 14.6 Å². The first-order chi connectivity index (χ1) is 9.37. The van der Waals surface area contributed by atoms with Crippen LogP contribution in [0.4, 0.5) is 0 Å². The monoisotopic (exact) mass is 408 g/mol. The molecule has 0 aromatic heterocycles. The highest BCUT2D eigenvalue weighted by atomic mass is 127. The van der Waals surface area contributed by atoms with Gasteiger partial charge in [0.2, 0.25) is 5.91 Å². The Hall–Kier alpha value is -1.16. The summed E-state index contributed by atoms with van der Waals surface area (Å²) in [6, 6.07) is 6.90.